The molecule has 1 atom stereocenters. The Kier molecular flexibility index (Phi) is 5.25. The first kappa shape index (κ1) is 18.0. The van der Waals surface area contributed by atoms with E-state index in [0.717, 1.165) is 0 Å². The molecule has 7 heteroatoms. The average Bonchev–Trinajstić information content (AvgIpc) is 2.69. The SMILES string of the molecule is C=CC(=O)N1CCC(C(=O)NC2COc3c(OC)cccc3C2=O)CC1. The number of rotatable bonds is 4. The standard InChI is InChI=1S/C19H22N2O5/c1-3-16(22)21-9-7-12(8-10-21)19(24)20-14-11-26-18-13(17(14)23)5-4-6-15(18)25-2/h3-6,12,14H,1,7-11H2,2H3,(H,20,24). The van der Waals surface area contributed by atoms with E-state index < -0.39 is 6.04 Å². The van der Waals surface area contributed by atoms with Crippen molar-refractivity contribution in [3.8, 4) is 11.5 Å². The maximum absolute atomic E-state index is 12.7. The number of nitrogens with one attached hydrogen (secondary N) is 1. The molecule has 3 rings (SSSR count). The second-order valence-electron chi connectivity index (χ2n) is 6.38. The highest BCUT2D eigenvalue weighted by Crippen LogP contribution is 2.34. The van der Waals surface area contributed by atoms with Gasteiger partial charge in [0.1, 0.15) is 12.6 Å². The second kappa shape index (κ2) is 7.59. The summed E-state index contributed by atoms with van der Waals surface area (Å²) in [6.45, 7) is 4.57. The molecule has 0 bridgehead atoms. The Morgan fingerprint density at radius 2 is 2.08 bits per heavy atom. The molecule has 1 aromatic rings. The van der Waals surface area contributed by atoms with E-state index >= 15 is 0 Å². The number of carbonyl (C=O) groups is 3. The van der Waals surface area contributed by atoms with Crippen molar-refractivity contribution in [3.63, 3.8) is 0 Å². The monoisotopic (exact) mass is 358 g/mol. The highest BCUT2D eigenvalue weighted by atomic mass is 16.5. The molecule has 0 radical (unpaired) electrons. The summed E-state index contributed by atoms with van der Waals surface area (Å²) in [6.07, 6.45) is 2.42. The number of nitrogens with zero attached hydrogens (tertiary/aromatic N) is 1. The van der Waals surface area contributed by atoms with Crippen LogP contribution < -0.4 is 14.8 Å². The topological polar surface area (TPSA) is 84.9 Å². The zero-order chi connectivity index (χ0) is 18.7. The van der Waals surface area contributed by atoms with Gasteiger partial charge in [-0.3, -0.25) is 14.4 Å². The third-order valence-corrected chi connectivity index (χ3v) is 4.84. The number of piperidine rings is 1. The minimum Gasteiger partial charge on any atom is -0.493 e. The van der Waals surface area contributed by atoms with Gasteiger partial charge in [0.2, 0.25) is 11.8 Å². The number of hydrogen-bond donors (Lipinski definition) is 1. The lowest BCUT2D eigenvalue weighted by Gasteiger charge is -2.32. The quantitative estimate of drug-likeness (QED) is 0.817. The molecule has 1 saturated heterocycles. The van der Waals surface area contributed by atoms with Crippen molar-refractivity contribution in [2.24, 2.45) is 5.92 Å². The van der Waals surface area contributed by atoms with Crippen molar-refractivity contribution < 1.29 is 23.9 Å². The van der Waals surface area contributed by atoms with Crippen LogP contribution in [0.1, 0.15) is 23.2 Å². The van der Waals surface area contributed by atoms with Gasteiger partial charge in [-0.25, -0.2) is 0 Å². The van der Waals surface area contributed by atoms with E-state index in [1.54, 1.807) is 23.1 Å². The average molecular weight is 358 g/mol. The van der Waals surface area contributed by atoms with Gasteiger partial charge in [0.15, 0.2) is 17.3 Å². The van der Waals surface area contributed by atoms with Crippen molar-refractivity contribution in [3.05, 3.63) is 36.4 Å². The first-order chi connectivity index (χ1) is 12.5. The van der Waals surface area contributed by atoms with Crippen molar-refractivity contribution in [2.75, 3.05) is 26.8 Å². The minimum absolute atomic E-state index is 0.0751. The van der Waals surface area contributed by atoms with Crippen molar-refractivity contribution in [2.45, 2.75) is 18.9 Å². The van der Waals surface area contributed by atoms with E-state index in [1.807, 2.05) is 0 Å². The Bertz CT molecular complexity index is 737. The number of hydrogen-bond acceptors (Lipinski definition) is 5. The molecule has 0 spiro atoms. The predicted molar refractivity (Wildman–Crippen MR) is 94.3 cm³/mol. The van der Waals surface area contributed by atoms with E-state index in [9.17, 15) is 14.4 Å². The number of fused-ring (bicyclic) bond motifs is 1. The first-order valence-electron chi connectivity index (χ1n) is 8.61. The van der Waals surface area contributed by atoms with Gasteiger partial charge in [-0.15, -0.1) is 0 Å². The van der Waals surface area contributed by atoms with Crippen LogP contribution in [-0.4, -0.2) is 55.3 Å². The predicted octanol–water partition coefficient (Wildman–Crippen LogP) is 1.18. The van der Waals surface area contributed by atoms with Crippen LogP contribution in [0.2, 0.25) is 0 Å². The smallest absolute Gasteiger partial charge is 0.245 e. The van der Waals surface area contributed by atoms with Gasteiger partial charge in [-0.05, 0) is 31.1 Å². The summed E-state index contributed by atoms with van der Waals surface area (Å²) in [5, 5.41) is 2.80. The number of likely N-dealkylation sites (tertiary alicyclic amines) is 1. The number of benzene rings is 1. The Balaban J connectivity index is 1.61. The lowest BCUT2D eigenvalue weighted by molar-refractivity contribution is -0.132. The van der Waals surface area contributed by atoms with Crippen LogP contribution in [-0.2, 0) is 9.59 Å². The van der Waals surface area contributed by atoms with Crippen LogP contribution in [0.15, 0.2) is 30.9 Å². The maximum Gasteiger partial charge on any atom is 0.245 e. The molecule has 0 saturated carbocycles. The van der Waals surface area contributed by atoms with Crippen molar-refractivity contribution in [1.29, 1.82) is 0 Å². The summed E-state index contributed by atoms with van der Waals surface area (Å²) >= 11 is 0. The van der Waals surface area contributed by atoms with Crippen molar-refractivity contribution in [1.82, 2.24) is 10.2 Å². The van der Waals surface area contributed by atoms with E-state index in [0.29, 0.717) is 43.0 Å². The van der Waals surface area contributed by atoms with E-state index in [-0.39, 0.29) is 30.1 Å². The van der Waals surface area contributed by atoms with Gasteiger partial charge in [-0.2, -0.15) is 0 Å². The number of amides is 2. The van der Waals surface area contributed by atoms with Gasteiger partial charge < -0.3 is 19.7 Å². The Morgan fingerprint density at radius 1 is 1.35 bits per heavy atom. The molecular weight excluding hydrogens is 336 g/mol. The van der Waals surface area contributed by atoms with Crippen LogP contribution in [0, 0.1) is 5.92 Å². The number of carbonyl (C=O) groups excluding carboxylic acids is 3. The Hall–Kier alpha value is -2.83. The maximum atomic E-state index is 12.7. The van der Waals surface area contributed by atoms with E-state index in [2.05, 4.69) is 11.9 Å². The fourth-order valence-electron chi connectivity index (χ4n) is 3.34. The van der Waals surface area contributed by atoms with Crippen LogP contribution in [0.3, 0.4) is 0 Å². The van der Waals surface area contributed by atoms with Gasteiger partial charge in [0, 0.05) is 19.0 Å². The lowest BCUT2D eigenvalue weighted by atomic mass is 9.94. The third-order valence-electron chi connectivity index (χ3n) is 4.84. The highest BCUT2D eigenvalue weighted by Gasteiger charge is 2.34. The summed E-state index contributed by atoms with van der Waals surface area (Å²) in [4.78, 5) is 38.5. The Morgan fingerprint density at radius 3 is 2.73 bits per heavy atom. The molecule has 26 heavy (non-hydrogen) atoms. The molecule has 2 aliphatic heterocycles. The molecule has 2 aliphatic rings. The van der Waals surface area contributed by atoms with Crippen LogP contribution in [0.4, 0.5) is 0 Å². The summed E-state index contributed by atoms with van der Waals surface area (Å²) in [5.41, 5.74) is 0.410. The summed E-state index contributed by atoms with van der Waals surface area (Å²) in [6, 6.07) is 4.39. The van der Waals surface area contributed by atoms with Crippen LogP contribution in [0.5, 0.6) is 11.5 Å². The molecule has 7 nitrogen and oxygen atoms in total. The number of methoxy groups -OCH3 is 1. The molecular formula is C19H22N2O5. The Labute approximate surface area is 151 Å². The summed E-state index contributed by atoms with van der Waals surface area (Å²) in [5.74, 6) is 0.219. The van der Waals surface area contributed by atoms with E-state index in [1.165, 1.54) is 13.2 Å². The second-order valence-corrected chi connectivity index (χ2v) is 6.38. The molecule has 1 N–H and O–H groups in total. The number of ether oxygens (including phenoxy) is 2. The van der Waals surface area contributed by atoms with Gasteiger partial charge >= 0.3 is 0 Å². The fraction of sp³-hybridized carbons (Fsp3) is 0.421. The largest absolute Gasteiger partial charge is 0.493 e. The normalized spacial score (nSPS) is 20.0. The summed E-state index contributed by atoms with van der Waals surface area (Å²) < 4.78 is 10.9. The minimum atomic E-state index is -0.713. The molecule has 2 heterocycles. The molecule has 1 fully saturated rings. The highest BCUT2D eigenvalue weighted by molar-refractivity contribution is 6.05. The molecule has 0 aromatic heterocycles. The van der Waals surface area contributed by atoms with Gasteiger partial charge in [0.25, 0.3) is 0 Å². The van der Waals surface area contributed by atoms with Gasteiger partial charge in [0.05, 0.1) is 12.7 Å². The van der Waals surface area contributed by atoms with E-state index in [4.69, 9.17) is 9.47 Å². The molecule has 1 aromatic carbocycles. The zero-order valence-corrected chi connectivity index (χ0v) is 14.7. The number of ketones is 1. The summed E-state index contributed by atoms with van der Waals surface area (Å²) in [7, 11) is 1.51. The van der Waals surface area contributed by atoms with Crippen LogP contribution >= 0.6 is 0 Å². The first-order valence-corrected chi connectivity index (χ1v) is 8.61. The van der Waals surface area contributed by atoms with Gasteiger partial charge in [-0.1, -0.05) is 12.6 Å². The van der Waals surface area contributed by atoms with Crippen LogP contribution in [0.25, 0.3) is 0 Å². The fourth-order valence-corrected chi connectivity index (χ4v) is 3.34. The third kappa shape index (κ3) is 3.42. The molecule has 2 amide bonds. The lowest BCUT2D eigenvalue weighted by Crippen LogP contribution is -2.50. The van der Waals surface area contributed by atoms with Crippen molar-refractivity contribution >= 4 is 17.6 Å². The number of Topliss-reactive ketones (excluding diaryl/α,β-unsaturated/α-hetero) is 1. The number of para-hydroxylation sites is 1. The molecule has 1 unspecified atom stereocenters. The molecule has 0 aliphatic carbocycles. The molecule has 138 valence electrons. The zero-order valence-electron chi connectivity index (χ0n) is 14.7.